The average Bonchev–Trinajstić information content (AvgIpc) is 2.88. The van der Waals surface area contributed by atoms with E-state index in [1.807, 2.05) is 42.5 Å². The Morgan fingerprint density at radius 2 is 1.44 bits per heavy atom. The number of hydrogen-bond donors (Lipinski definition) is 0. The van der Waals surface area contributed by atoms with E-state index in [0.29, 0.717) is 11.5 Å². The second kappa shape index (κ2) is 10.3. The zero-order chi connectivity index (χ0) is 23.5. The number of halogens is 2. The number of benzene rings is 3. The molecule has 4 unspecified atom stereocenters. The van der Waals surface area contributed by atoms with Gasteiger partial charge in [0.1, 0.15) is 6.61 Å². The fraction of sp³-hybridized carbons (Fsp3) is 0.419. The molecule has 34 heavy (non-hydrogen) atoms. The summed E-state index contributed by atoms with van der Waals surface area (Å²) in [5, 5.41) is 0. The second-order valence-electron chi connectivity index (χ2n) is 10.3. The van der Waals surface area contributed by atoms with Crippen molar-refractivity contribution in [3.05, 3.63) is 89.5 Å². The van der Waals surface area contributed by atoms with E-state index in [0.717, 1.165) is 28.9 Å². The summed E-state index contributed by atoms with van der Waals surface area (Å²) >= 11 is 0. The van der Waals surface area contributed by atoms with Gasteiger partial charge in [0, 0.05) is 0 Å². The van der Waals surface area contributed by atoms with Crippen LogP contribution < -0.4 is 4.74 Å². The van der Waals surface area contributed by atoms with Crippen molar-refractivity contribution < 1.29 is 13.5 Å². The Morgan fingerprint density at radius 3 is 2.15 bits per heavy atom. The number of ether oxygens (including phenoxy) is 1. The molecule has 3 aromatic rings. The molecular weight excluding hydrogens is 426 g/mol. The molecule has 0 aliphatic heterocycles. The minimum Gasteiger partial charge on any atom is -0.483 e. The van der Waals surface area contributed by atoms with Gasteiger partial charge < -0.3 is 4.74 Å². The van der Waals surface area contributed by atoms with E-state index in [4.69, 9.17) is 4.74 Å². The Morgan fingerprint density at radius 1 is 0.765 bits per heavy atom. The maximum Gasteiger partial charge on any atom is 0.191 e. The number of hydrogen-bond acceptors (Lipinski definition) is 1. The number of fused-ring (bicyclic) bond motifs is 1. The van der Waals surface area contributed by atoms with Gasteiger partial charge in [0.05, 0.1) is 0 Å². The highest BCUT2D eigenvalue weighted by Gasteiger charge is 2.35. The van der Waals surface area contributed by atoms with E-state index in [2.05, 4.69) is 19.1 Å². The Balaban J connectivity index is 1.25. The molecule has 2 saturated carbocycles. The molecule has 2 aliphatic carbocycles. The first-order valence-corrected chi connectivity index (χ1v) is 12.9. The first-order chi connectivity index (χ1) is 16.6. The lowest BCUT2D eigenvalue weighted by Crippen LogP contribution is -2.30. The summed E-state index contributed by atoms with van der Waals surface area (Å²) in [6.07, 6.45) is 9.42. The Kier molecular flexibility index (Phi) is 6.99. The molecule has 0 radical (unpaired) electrons. The van der Waals surface area contributed by atoms with Crippen LogP contribution >= 0.6 is 0 Å². The third-order valence-corrected chi connectivity index (χ3v) is 8.24. The van der Waals surface area contributed by atoms with Gasteiger partial charge >= 0.3 is 0 Å². The van der Waals surface area contributed by atoms with Gasteiger partial charge in [-0.05, 0) is 90.2 Å². The highest BCUT2D eigenvalue weighted by Crippen LogP contribution is 2.48. The van der Waals surface area contributed by atoms with Gasteiger partial charge in [0.15, 0.2) is 17.4 Å². The zero-order valence-electron chi connectivity index (χ0n) is 20.0. The van der Waals surface area contributed by atoms with E-state index >= 15 is 0 Å². The lowest BCUT2D eigenvalue weighted by atomic mass is 9.63. The third-order valence-electron chi connectivity index (χ3n) is 8.24. The molecule has 178 valence electrons. The normalized spacial score (nSPS) is 24.4. The smallest absolute Gasteiger partial charge is 0.191 e. The molecule has 5 rings (SSSR count). The molecule has 4 atom stereocenters. The van der Waals surface area contributed by atoms with Crippen LogP contribution in [-0.4, -0.2) is 0 Å². The van der Waals surface area contributed by atoms with E-state index in [1.54, 1.807) is 0 Å². The summed E-state index contributed by atoms with van der Waals surface area (Å²) < 4.78 is 34.9. The maximum absolute atomic E-state index is 14.7. The topological polar surface area (TPSA) is 9.23 Å². The van der Waals surface area contributed by atoms with Crippen LogP contribution in [-0.2, 0) is 6.61 Å². The fourth-order valence-corrected chi connectivity index (χ4v) is 6.20. The van der Waals surface area contributed by atoms with Gasteiger partial charge in [-0.25, -0.2) is 8.78 Å². The molecule has 2 aliphatic rings. The molecule has 2 fully saturated rings. The van der Waals surface area contributed by atoms with Crippen molar-refractivity contribution in [2.75, 3.05) is 0 Å². The van der Waals surface area contributed by atoms with Gasteiger partial charge in [0.2, 0.25) is 0 Å². The highest BCUT2D eigenvalue weighted by molar-refractivity contribution is 5.65. The van der Waals surface area contributed by atoms with Gasteiger partial charge in [0.25, 0.3) is 0 Å². The van der Waals surface area contributed by atoms with Gasteiger partial charge in [-0.1, -0.05) is 74.4 Å². The van der Waals surface area contributed by atoms with Gasteiger partial charge in [-0.15, -0.1) is 0 Å². The minimum absolute atomic E-state index is 0.130. The quantitative estimate of drug-likeness (QED) is 0.357. The molecule has 0 N–H and O–H groups in total. The van der Waals surface area contributed by atoms with Crippen molar-refractivity contribution in [3.63, 3.8) is 0 Å². The van der Waals surface area contributed by atoms with Crippen LogP contribution in [0.15, 0.2) is 66.7 Å². The standard InChI is InChI=1S/C31H34F2O/c1-2-21-8-9-27-17-26(15-14-25(27)16-21)23-10-12-24(13-11-23)28-18-29(32)31(30(33)19-28)34-20-22-6-4-3-5-7-22/h3-7,10-13,18-19,21,25-27H,2,8-9,14-17,20H2,1H3. The zero-order valence-corrected chi connectivity index (χ0v) is 20.0. The van der Waals surface area contributed by atoms with Crippen LogP contribution in [0, 0.1) is 29.4 Å². The van der Waals surface area contributed by atoms with Crippen molar-refractivity contribution in [1.29, 1.82) is 0 Å². The lowest BCUT2D eigenvalue weighted by Gasteiger charge is -2.42. The minimum atomic E-state index is -0.670. The summed E-state index contributed by atoms with van der Waals surface area (Å²) in [4.78, 5) is 0. The van der Waals surface area contributed by atoms with Crippen LogP contribution in [0.3, 0.4) is 0 Å². The largest absolute Gasteiger partial charge is 0.483 e. The predicted molar refractivity (Wildman–Crippen MR) is 134 cm³/mol. The fourth-order valence-electron chi connectivity index (χ4n) is 6.20. The van der Waals surface area contributed by atoms with Crippen LogP contribution in [0.1, 0.15) is 68.9 Å². The van der Waals surface area contributed by atoms with Crippen molar-refractivity contribution in [2.45, 2.75) is 64.4 Å². The molecule has 0 amide bonds. The highest BCUT2D eigenvalue weighted by atomic mass is 19.1. The second-order valence-corrected chi connectivity index (χ2v) is 10.3. The summed E-state index contributed by atoms with van der Waals surface area (Å²) in [6.45, 7) is 2.46. The molecule has 0 spiro atoms. The molecule has 1 nitrogen and oxygen atoms in total. The van der Waals surface area contributed by atoms with Gasteiger partial charge in [-0.3, -0.25) is 0 Å². The molecular formula is C31H34F2O. The number of rotatable bonds is 6. The molecule has 0 aromatic heterocycles. The van der Waals surface area contributed by atoms with E-state index in [1.165, 1.54) is 62.6 Å². The van der Waals surface area contributed by atoms with Crippen molar-refractivity contribution >= 4 is 0 Å². The van der Waals surface area contributed by atoms with Crippen molar-refractivity contribution in [1.82, 2.24) is 0 Å². The predicted octanol–water partition coefficient (Wildman–Crippen LogP) is 8.92. The summed E-state index contributed by atoms with van der Waals surface area (Å²) in [5.74, 6) is 1.67. The first kappa shape index (κ1) is 23.1. The van der Waals surface area contributed by atoms with E-state index < -0.39 is 11.6 Å². The van der Waals surface area contributed by atoms with Crippen LogP contribution in [0.4, 0.5) is 8.78 Å². The Bertz CT molecular complexity index is 1070. The first-order valence-electron chi connectivity index (χ1n) is 12.9. The third kappa shape index (κ3) is 5.04. The van der Waals surface area contributed by atoms with E-state index in [9.17, 15) is 8.78 Å². The Labute approximate surface area is 202 Å². The van der Waals surface area contributed by atoms with Crippen LogP contribution in [0.25, 0.3) is 11.1 Å². The van der Waals surface area contributed by atoms with Crippen molar-refractivity contribution in [2.24, 2.45) is 17.8 Å². The molecule has 3 heteroatoms. The monoisotopic (exact) mass is 460 g/mol. The average molecular weight is 461 g/mol. The molecule has 3 aromatic carbocycles. The van der Waals surface area contributed by atoms with E-state index in [-0.39, 0.29) is 12.4 Å². The SMILES string of the molecule is CCC1CCC2CC(c3ccc(-c4cc(F)c(OCc5ccccc5)c(F)c4)cc3)CCC2C1. The lowest BCUT2D eigenvalue weighted by molar-refractivity contribution is 0.116. The Hall–Kier alpha value is -2.68. The summed E-state index contributed by atoms with van der Waals surface area (Å²) in [7, 11) is 0. The molecule has 0 bridgehead atoms. The molecule has 0 saturated heterocycles. The van der Waals surface area contributed by atoms with Crippen molar-refractivity contribution in [3.8, 4) is 16.9 Å². The molecule has 0 heterocycles. The van der Waals surface area contributed by atoms with Crippen LogP contribution in [0.2, 0.25) is 0 Å². The summed E-state index contributed by atoms with van der Waals surface area (Å²) in [6, 6.07) is 20.5. The maximum atomic E-state index is 14.7. The summed E-state index contributed by atoms with van der Waals surface area (Å²) in [5.41, 5.74) is 3.60. The van der Waals surface area contributed by atoms with Crippen LogP contribution in [0.5, 0.6) is 5.75 Å². The van der Waals surface area contributed by atoms with Gasteiger partial charge in [-0.2, -0.15) is 0 Å².